The molecule has 0 saturated heterocycles. The van der Waals surface area contributed by atoms with E-state index in [0.29, 0.717) is 17.5 Å². The summed E-state index contributed by atoms with van der Waals surface area (Å²) in [5.41, 5.74) is 5.30. The third-order valence-electron chi connectivity index (χ3n) is 8.91. The molecule has 8 aromatic carbocycles. The second-order valence-corrected chi connectivity index (χ2v) is 11.6. The minimum Gasteiger partial charge on any atom is -0.208 e. The fourth-order valence-corrected chi connectivity index (χ4v) is 6.69. The Kier molecular flexibility index (Phi) is 6.14. The van der Waals surface area contributed by atoms with Crippen LogP contribution in [0.4, 0.5) is 0 Å². The molecule has 1 aromatic heterocycles. The number of aromatic nitrogens is 3. The topological polar surface area (TPSA) is 38.7 Å². The van der Waals surface area contributed by atoms with Gasteiger partial charge in [-0.2, -0.15) is 0 Å². The van der Waals surface area contributed by atoms with Gasteiger partial charge in [-0.25, -0.2) is 15.0 Å². The van der Waals surface area contributed by atoms with Crippen LogP contribution in [0.15, 0.2) is 164 Å². The van der Waals surface area contributed by atoms with Crippen molar-refractivity contribution < 1.29 is 0 Å². The zero-order valence-corrected chi connectivity index (χ0v) is 24.9. The SMILES string of the molecule is c1ccc(-c2nc(-c3ccc4c(ccc5ccccc54)c3)nc(-c3cccc4c(-c5cccc6ccccc56)cccc34)n2)cc1. The molecule has 9 rings (SSSR count). The predicted molar refractivity (Wildman–Crippen MR) is 192 cm³/mol. The van der Waals surface area contributed by atoms with Gasteiger partial charge in [-0.05, 0) is 60.3 Å². The highest BCUT2D eigenvalue weighted by Crippen LogP contribution is 2.38. The van der Waals surface area contributed by atoms with Crippen molar-refractivity contribution in [1.82, 2.24) is 15.0 Å². The van der Waals surface area contributed by atoms with E-state index in [-0.39, 0.29) is 0 Å². The molecule has 0 bridgehead atoms. The highest BCUT2D eigenvalue weighted by molar-refractivity contribution is 6.10. The lowest BCUT2D eigenvalue weighted by Crippen LogP contribution is -2.00. The number of hydrogen-bond acceptors (Lipinski definition) is 3. The Bertz CT molecular complexity index is 2580. The first-order valence-corrected chi connectivity index (χ1v) is 15.5. The third kappa shape index (κ3) is 4.41. The molecule has 0 radical (unpaired) electrons. The van der Waals surface area contributed by atoms with Crippen molar-refractivity contribution in [2.75, 3.05) is 0 Å². The lowest BCUT2D eigenvalue weighted by Gasteiger charge is -2.14. The molecule has 3 heteroatoms. The van der Waals surface area contributed by atoms with Crippen molar-refractivity contribution >= 4 is 43.1 Å². The molecule has 0 aliphatic carbocycles. The van der Waals surface area contributed by atoms with Crippen LogP contribution in [-0.2, 0) is 0 Å². The summed E-state index contributed by atoms with van der Waals surface area (Å²) in [6, 6.07) is 57.6. The van der Waals surface area contributed by atoms with Crippen molar-refractivity contribution in [2.45, 2.75) is 0 Å². The molecule has 0 unspecified atom stereocenters. The summed E-state index contributed by atoms with van der Waals surface area (Å²) in [7, 11) is 0. The minimum absolute atomic E-state index is 0.654. The van der Waals surface area contributed by atoms with Crippen molar-refractivity contribution in [2.24, 2.45) is 0 Å². The summed E-state index contributed by atoms with van der Waals surface area (Å²) in [6.07, 6.45) is 0. The number of nitrogens with zero attached hydrogens (tertiary/aromatic N) is 3. The van der Waals surface area contributed by atoms with E-state index in [2.05, 4.69) is 146 Å². The molecule has 0 N–H and O–H groups in total. The zero-order valence-electron chi connectivity index (χ0n) is 24.9. The Hall–Kier alpha value is -6.19. The van der Waals surface area contributed by atoms with Gasteiger partial charge in [0.25, 0.3) is 0 Å². The summed E-state index contributed by atoms with van der Waals surface area (Å²) < 4.78 is 0. The Morgan fingerprint density at radius 1 is 0.261 bits per heavy atom. The van der Waals surface area contributed by atoms with Crippen molar-refractivity contribution in [3.8, 4) is 45.3 Å². The molecular formula is C43H27N3. The summed E-state index contributed by atoms with van der Waals surface area (Å²) in [5.74, 6) is 1.96. The van der Waals surface area contributed by atoms with E-state index in [1.54, 1.807) is 0 Å². The molecule has 1 heterocycles. The highest BCUT2D eigenvalue weighted by atomic mass is 15.0. The summed E-state index contributed by atoms with van der Waals surface area (Å²) in [6.45, 7) is 0. The van der Waals surface area contributed by atoms with E-state index < -0.39 is 0 Å². The lowest BCUT2D eigenvalue weighted by molar-refractivity contribution is 1.08. The number of benzene rings is 8. The fourth-order valence-electron chi connectivity index (χ4n) is 6.69. The Morgan fingerprint density at radius 2 is 0.761 bits per heavy atom. The molecule has 46 heavy (non-hydrogen) atoms. The van der Waals surface area contributed by atoms with Crippen molar-refractivity contribution in [3.05, 3.63) is 164 Å². The molecule has 0 saturated carbocycles. The highest BCUT2D eigenvalue weighted by Gasteiger charge is 2.16. The molecule has 0 spiro atoms. The van der Waals surface area contributed by atoms with Crippen LogP contribution in [-0.4, -0.2) is 15.0 Å². The molecule has 0 atom stereocenters. The third-order valence-corrected chi connectivity index (χ3v) is 8.91. The Balaban J connectivity index is 1.26. The van der Waals surface area contributed by atoms with Gasteiger partial charge in [0.05, 0.1) is 0 Å². The van der Waals surface area contributed by atoms with E-state index in [1.165, 1.54) is 38.1 Å². The van der Waals surface area contributed by atoms with E-state index in [1.807, 2.05) is 18.2 Å². The normalized spacial score (nSPS) is 11.5. The zero-order chi connectivity index (χ0) is 30.5. The molecule has 0 aliphatic heterocycles. The van der Waals surface area contributed by atoms with Gasteiger partial charge in [0.2, 0.25) is 0 Å². The average Bonchev–Trinajstić information content (AvgIpc) is 3.14. The number of fused-ring (bicyclic) bond motifs is 5. The number of rotatable bonds is 4. The summed E-state index contributed by atoms with van der Waals surface area (Å²) in [4.78, 5) is 15.3. The minimum atomic E-state index is 0.654. The van der Waals surface area contributed by atoms with Crippen LogP contribution in [0, 0.1) is 0 Å². The molecule has 0 amide bonds. The van der Waals surface area contributed by atoms with Crippen LogP contribution < -0.4 is 0 Å². The van der Waals surface area contributed by atoms with Gasteiger partial charge in [-0.1, -0.05) is 158 Å². The van der Waals surface area contributed by atoms with Gasteiger partial charge < -0.3 is 0 Å². The van der Waals surface area contributed by atoms with Gasteiger partial charge in [0.15, 0.2) is 17.5 Å². The Morgan fingerprint density at radius 3 is 1.57 bits per heavy atom. The van der Waals surface area contributed by atoms with Gasteiger partial charge in [-0.3, -0.25) is 0 Å². The first-order chi connectivity index (χ1) is 22.8. The van der Waals surface area contributed by atoms with Gasteiger partial charge in [-0.15, -0.1) is 0 Å². The van der Waals surface area contributed by atoms with E-state index in [4.69, 9.17) is 15.0 Å². The van der Waals surface area contributed by atoms with Crippen molar-refractivity contribution in [1.29, 1.82) is 0 Å². The van der Waals surface area contributed by atoms with Crippen LogP contribution in [0.25, 0.3) is 88.4 Å². The molecule has 0 fully saturated rings. The summed E-state index contributed by atoms with van der Waals surface area (Å²) in [5, 5.41) is 9.58. The second-order valence-electron chi connectivity index (χ2n) is 11.6. The fraction of sp³-hybridized carbons (Fsp3) is 0. The maximum atomic E-state index is 5.15. The summed E-state index contributed by atoms with van der Waals surface area (Å²) >= 11 is 0. The molecule has 3 nitrogen and oxygen atoms in total. The molecule has 9 aromatic rings. The maximum absolute atomic E-state index is 5.15. The van der Waals surface area contributed by atoms with Crippen LogP contribution in [0.3, 0.4) is 0 Å². The predicted octanol–water partition coefficient (Wildman–Crippen LogP) is 11.2. The standard InChI is InChI=1S/C43H27N3/c1-2-13-30(14-3-1)41-44-42(32-25-26-35-31(27-32)24-23-29-12-5-6-16-33(29)35)46-43(45-41)40-22-10-20-38-37(19-9-21-39(38)40)36-18-8-15-28-11-4-7-17-34(28)36/h1-27H. The largest absolute Gasteiger partial charge is 0.208 e. The van der Waals surface area contributed by atoms with Crippen LogP contribution in [0.2, 0.25) is 0 Å². The monoisotopic (exact) mass is 585 g/mol. The van der Waals surface area contributed by atoms with Gasteiger partial charge >= 0.3 is 0 Å². The first-order valence-electron chi connectivity index (χ1n) is 15.5. The first kappa shape index (κ1) is 26.2. The van der Waals surface area contributed by atoms with Crippen LogP contribution >= 0.6 is 0 Å². The smallest absolute Gasteiger partial charge is 0.164 e. The van der Waals surface area contributed by atoms with E-state index >= 15 is 0 Å². The molecule has 214 valence electrons. The Labute approximate surface area is 266 Å². The van der Waals surface area contributed by atoms with Crippen LogP contribution in [0.1, 0.15) is 0 Å². The maximum Gasteiger partial charge on any atom is 0.164 e. The van der Waals surface area contributed by atoms with Crippen LogP contribution in [0.5, 0.6) is 0 Å². The molecule has 0 aliphatic rings. The quantitative estimate of drug-likeness (QED) is 0.193. The second kappa shape index (κ2) is 10.8. The van der Waals surface area contributed by atoms with E-state index in [9.17, 15) is 0 Å². The molecular weight excluding hydrogens is 558 g/mol. The van der Waals surface area contributed by atoms with Gasteiger partial charge in [0, 0.05) is 16.7 Å². The lowest BCUT2D eigenvalue weighted by atomic mass is 9.92. The van der Waals surface area contributed by atoms with Crippen molar-refractivity contribution in [3.63, 3.8) is 0 Å². The number of hydrogen-bond donors (Lipinski definition) is 0. The van der Waals surface area contributed by atoms with E-state index in [0.717, 1.165) is 32.8 Å². The van der Waals surface area contributed by atoms with Gasteiger partial charge in [0.1, 0.15) is 0 Å². The average molecular weight is 586 g/mol.